The number of carbonyl (C=O) groups excluding carboxylic acids is 1. The van der Waals surface area contributed by atoms with Crippen LogP contribution in [0.3, 0.4) is 0 Å². The summed E-state index contributed by atoms with van der Waals surface area (Å²) in [6, 6.07) is 7.04. The van der Waals surface area contributed by atoms with Crippen LogP contribution in [0.4, 0.5) is 13.2 Å². The van der Waals surface area contributed by atoms with E-state index in [2.05, 4.69) is 5.10 Å². The number of benzene rings is 1. The molecule has 1 aliphatic heterocycles. The number of aliphatic hydroxyl groups excluding tert-OH is 1. The third kappa shape index (κ3) is 3.21. The summed E-state index contributed by atoms with van der Waals surface area (Å²) in [6.07, 6.45) is -3.21. The largest absolute Gasteiger partial charge is 0.435 e. The van der Waals surface area contributed by atoms with E-state index in [0.29, 0.717) is 30.8 Å². The van der Waals surface area contributed by atoms with E-state index in [1.807, 2.05) is 0 Å². The van der Waals surface area contributed by atoms with Gasteiger partial charge in [-0.2, -0.15) is 18.3 Å². The second-order valence-corrected chi connectivity index (χ2v) is 5.38. The van der Waals surface area contributed by atoms with Crippen LogP contribution in [0.2, 0.25) is 0 Å². The van der Waals surface area contributed by atoms with Crippen LogP contribution >= 0.6 is 0 Å². The molecule has 122 valence electrons. The van der Waals surface area contributed by atoms with Crippen molar-refractivity contribution in [1.82, 2.24) is 14.7 Å². The summed E-state index contributed by atoms with van der Waals surface area (Å²) in [4.78, 5) is 13.8. The predicted molar refractivity (Wildman–Crippen MR) is 75.1 cm³/mol. The zero-order chi connectivity index (χ0) is 16.6. The van der Waals surface area contributed by atoms with E-state index >= 15 is 0 Å². The third-order valence-corrected chi connectivity index (χ3v) is 3.71. The van der Waals surface area contributed by atoms with Crippen LogP contribution in [-0.4, -0.2) is 44.9 Å². The molecule has 0 aliphatic carbocycles. The molecule has 1 aromatic carbocycles. The summed E-state index contributed by atoms with van der Waals surface area (Å²) in [5.74, 6) is -0.204. The molecule has 2 aromatic rings. The van der Waals surface area contributed by atoms with Crippen molar-refractivity contribution in [2.24, 2.45) is 0 Å². The molecular weight excluding hydrogens is 311 g/mol. The van der Waals surface area contributed by atoms with Gasteiger partial charge < -0.3 is 10.0 Å². The average molecular weight is 325 g/mol. The Bertz CT molecular complexity index is 710. The van der Waals surface area contributed by atoms with Gasteiger partial charge in [0.15, 0.2) is 5.69 Å². The van der Waals surface area contributed by atoms with Crippen molar-refractivity contribution < 1.29 is 23.1 Å². The second kappa shape index (κ2) is 5.69. The van der Waals surface area contributed by atoms with Gasteiger partial charge >= 0.3 is 6.18 Å². The summed E-state index contributed by atoms with van der Waals surface area (Å²) < 4.78 is 38.7. The Labute approximate surface area is 129 Å². The van der Waals surface area contributed by atoms with E-state index in [9.17, 15) is 23.1 Å². The Morgan fingerprint density at radius 3 is 2.43 bits per heavy atom. The monoisotopic (exact) mass is 325 g/mol. The van der Waals surface area contributed by atoms with E-state index in [1.54, 1.807) is 4.90 Å². The zero-order valence-electron chi connectivity index (χ0n) is 12.0. The second-order valence-electron chi connectivity index (χ2n) is 5.38. The number of β-amino-alcohol motifs (C(OH)–C–C–N with tert-alkyl or cyclic N) is 1. The SMILES string of the molecule is O=C(c1ccc(-n2ccc(C(F)(F)F)n2)cc1)N1CC[C@@H](O)C1. The van der Waals surface area contributed by atoms with Crippen molar-refractivity contribution in [3.63, 3.8) is 0 Å². The highest BCUT2D eigenvalue weighted by Gasteiger charge is 2.33. The average Bonchev–Trinajstić information content (AvgIpc) is 3.15. The number of aliphatic hydroxyl groups is 1. The molecule has 0 saturated carbocycles. The lowest BCUT2D eigenvalue weighted by Gasteiger charge is -2.15. The quantitative estimate of drug-likeness (QED) is 0.920. The van der Waals surface area contributed by atoms with Crippen LogP contribution in [0, 0.1) is 0 Å². The maximum absolute atomic E-state index is 12.5. The number of aromatic nitrogens is 2. The lowest BCUT2D eigenvalue weighted by Crippen LogP contribution is -2.29. The summed E-state index contributed by atoms with van der Waals surface area (Å²) >= 11 is 0. The molecule has 1 fully saturated rings. The van der Waals surface area contributed by atoms with Crippen molar-refractivity contribution in [3.8, 4) is 5.69 Å². The van der Waals surface area contributed by atoms with Gasteiger partial charge in [0.2, 0.25) is 0 Å². The van der Waals surface area contributed by atoms with Gasteiger partial charge in [0, 0.05) is 24.8 Å². The molecule has 1 aliphatic rings. The highest BCUT2D eigenvalue weighted by molar-refractivity contribution is 5.94. The fourth-order valence-electron chi connectivity index (χ4n) is 2.48. The van der Waals surface area contributed by atoms with E-state index < -0.39 is 18.0 Å². The van der Waals surface area contributed by atoms with Crippen LogP contribution in [0.15, 0.2) is 36.5 Å². The predicted octanol–water partition coefficient (Wildman–Crippen LogP) is 2.10. The zero-order valence-corrected chi connectivity index (χ0v) is 12.0. The van der Waals surface area contributed by atoms with E-state index in [-0.39, 0.29) is 5.91 Å². The number of likely N-dealkylation sites (tertiary alicyclic amines) is 1. The van der Waals surface area contributed by atoms with Crippen molar-refractivity contribution in [2.75, 3.05) is 13.1 Å². The van der Waals surface area contributed by atoms with Gasteiger partial charge in [-0.3, -0.25) is 4.79 Å². The maximum atomic E-state index is 12.5. The van der Waals surface area contributed by atoms with Gasteiger partial charge in [-0.15, -0.1) is 0 Å². The Morgan fingerprint density at radius 1 is 1.22 bits per heavy atom. The molecule has 1 N–H and O–H groups in total. The number of hydrogen-bond acceptors (Lipinski definition) is 3. The first kappa shape index (κ1) is 15.5. The Kier molecular flexibility index (Phi) is 3.85. The van der Waals surface area contributed by atoms with Gasteiger partial charge in [0.05, 0.1) is 11.8 Å². The molecule has 1 amide bonds. The van der Waals surface area contributed by atoms with Gasteiger partial charge in [0.25, 0.3) is 5.91 Å². The number of alkyl halides is 3. The Morgan fingerprint density at radius 2 is 1.91 bits per heavy atom. The van der Waals surface area contributed by atoms with Crippen LogP contribution in [0.5, 0.6) is 0 Å². The number of amides is 1. The van der Waals surface area contributed by atoms with E-state index in [0.717, 1.165) is 10.7 Å². The van der Waals surface area contributed by atoms with Gasteiger partial charge in [0.1, 0.15) is 0 Å². The number of hydrogen-bond donors (Lipinski definition) is 1. The van der Waals surface area contributed by atoms with Crippen LogP contribution < -0.4 is 0 Å². The number of rotatable bonds is 2. The summed E-state index contributed by atoms with van der Waals surface area (Å²) in [7, 11) is 0. The summed E-state index contributed by atoms with van der Waals surface area (Å²) in [5, 5.41) is 12.9. The molecule has 0 spiro atoms. The van der Waals surface area contributed by atoms with E-state index in [1.165, 1.54) is 30.5 Å². The minimum absolute atomic E-state index is 0.204. The molecule has 1 atom stereocenters. The van der Waals surface area contributed by atoms with Gasteiger partial charge in [-0.1, -0.05) is 0 Å². The lowest BCUT2D eigenvalue weighted by atomic mass is 10.2. The van der Waals surface area contributed by atoms with Crippen LogP contribution in [0.1, 0.15) is 22.5 Å². The molecular formula is C15H14F3N3O2. The smallest absolute Gasteiger partial charge is 0.391 e. The highest BCUT2D eigenvalue weighted by Crippen LogP contribution is 2.28. The molecule has 3 rings (SSSR count). The molecule has 0 bridgehead atoms. The minimum atomic E-state index is -4.49. The Hall–Kier alpha value is -2.35. The third-order valence-electron chi connectivity index (χ3n) is 3.71. The highest BCUT2D eigenvalue weighted by atomic mass is 19.4. The number of halogens is 3. The number of carbonyl (C=O) groups is 1. The fourth-order valence-corrected chi connectivity index (χ4v) is 2.48. The molecule has 1 saturated heterocycles. The van der Waals surface area contributed by atoms with Crippen molar-refractivity contribution in [3.05, 3.63) is 47.8 Å². The molecule has 0 radical (unpaired) electrons. The first-order valence-electron chi connectivity index (χ1n) is 7.05. The fraction of sp³-hybridized carbons (Fsp3) is 0.333. The summed E-state index contributed by atoms with van der Waals surface area (Å²) in [5.41, 5.74) is -0.117. The molecule has 5 nitrogen and oxygen atoms in total. The van der Waals surface area contributed by atoms with Crippen LogP contribution in [0.25, 0.3) is 5.69 Å². The van der Waals surface area contributed by atoms with E-state index in [4.69, 9.17) is 0 Å². The molecule has 1 aromatic heterocycles. The minimum Gasteiger partial charge on any atom is -0.391 e. The first-order valence-corrected chi connectivity index (χ1v) is 7.05. The van der Waals surface area contributed by atoms with Gasteiger partial charge in [-0.25, -0.2) is 4.68 Å². The van der Waals surface area contributed by atoms with Crippen molar-refractivity contribution in [1.29, 1.82) is 0 Å². The number of nitrogens with zero attached hydrogens (tertiary/aromatic N) is 3. The standard InChI is InChI=1S/C15H14F3N3O2/c16-15(17,18)13-6-8-21(19-13)11-3-1-10(2-4-11)14(23)20-7-5-12(22)9-20/h1-4,6,8,12,22H,5,7,9H2/t12-/m1/s1. The first-order chi connectivity index (χ1) is 10.8. The summed E-state index contributed by atoms with van der Waals surface area (Å²) in [6.45, 7) is 0.796. The topological polar surface area (TPSA) is 58.4 Å². The van der Waals surface area contributed by atoms with Crippen molar-refractivity contribution in [2.45, 2.75) is 18.7 Å². The molecule has 0 unspecified atom stereocenters. The Balaban J connectivity index is 1.77. The van der Waals surface area contributed by atoms with Gasteiger partial charge in [-0.05, 0) is 36.8 Å². The van der Waals surface area contributed by atoms with Crippen LogP contribution in [-0.2, 0) is 6.18 Å². The molecule has 2 heterocycles. The molecule has 23 heavy (non-hydrogen) atoms. The van der Waals surface area contributed by atoms with Crippen molar-refractivity contribution >= 4 is 5.91 Å². The normalized spacial score (nSPS) is 18.4. The molecule has 8 heteroatoms. The maximum Gasteiger partial charge on any atom is 0.435 e. The lowest BCUT2D eigenvalue weighted by molar-refractivity contribution is -0.141.